The molecule has 64 valence electrons. The van der Waals surface area contributed by atoms with Gasteiger partial charge in [0.15, 0.2) is 0 Å². The van der Waals surface area contributed by atoms with Crippen LogP contribution in [0.1, 0.15) is 5.56 Å². The van der Waals surface area contributed by atoms with Crippen molar-refractivity contribution < 1.29 is 5.11 Å². The van der Waals surface area contributed by atoms with Crippen molar-refractivity contribution in [3.8, 4) is 0 Å². The lowest BCUT2D eigenvalue weighted by atomic mass is 10.2. The summed E-state index contributed by atoms with van der Waals surface area (Å²) in [4.78, 5) is 1.81. The van der Waals surface area contributed by atoms with E-state index in [1.54, 1.807) is 6.20 Å². The third kappa shape index (κ3) is 2.31. The predicted molar refractivity (Wildman–Crippen MR) is 50.7 cm³/mol. The van der Waals surface area contributed by atoms with E-state index in [9.17, 15) is 5.11 Å². The van der Waals surface area contributed by atoms with E-state index in [1.165, 1.54) is 0 Å². The molecule has 0 aliphatic carbocycles. The van der Waals surface area contributed by atoms with Gasteiger partial charge in [-0.15, -0.1) is 0 Å². The van der Waals surface area contributed by atoms with Crippen LogP contribution >= 0.6 is 0 Å². The van der Waals surface area contributed by atoms with E-state index in [0.29, 0.717) is 5.76 Å². The quantitative estimate of drug-likeness (QED) is 0.675. The molecule has 0 aliphatic rings. The highest BCUT2D eigenvalue weighted by Crippen LogP contribution is 2.09. The summed E-state index contributed by atoms with van der Waals surface area (Å²) in [5.41, 5.74) is 0.839. The third-order valence-electron chi connectivity index (χ3n) is 1.45. The first-order valence-corrected chi connectivity index (χ1v) is 3.83. The maximum atomic E-state index is 9.51. The Balaban J connectivity index is 2.85. The average molecular weight is 163 g/mol. The van der Waals surface area contributed by atoms with Crippen molar-refractivity contribution in [1.29, 1.82) is 0 Å². The first-order chi connectivity index (χ1) is 5.70. The van der Waals surface area contributed by atoms with E-state index < -0.39 is 0 Å². The van der Waals surface area contributed by atoms with Crippen LogP contribution in [0.2, 0.25) is 0 Å². The van der Waals surface area contributed by atoms with Crippen molar-refractivity contribution in [1.82, 2.24) is 4.90 Å². The average Bonchev–Trinajstić information content (AvgIpc) is 2.05. The molecule has 0 saturated carbocycles. The largest absolute Gasteiger partial charge is 0.506 e. The number of rotatable bonds is 2. The van der Waals surface area contributed by atoms with E-state index in [0.717, 1.165) is 5.56 Å². The zero-order chi connectivity index (χ0) is 8.97. The number of aliphatic hydroxyl groups is 1. The summed E-state index contributed by atoms with van der Waals surface area (Å²) in [5, 5.41) is 9.51. The minimum Gasteiger partial charge on any atom is -0.506 e. The van der Waals surface area contributed by atoms with E-state index in [1.807, 2.05) is 49.3 Å². The van der Waals surface area contributed by atoms with Crippen LogP contribution in [0, 0.1) is 0 Å². The lowest BCUT2D eigenvalue weighted by Gasteiger charge is -2.06. The molecule has 2 nitrogen and oxygen atoms in total. The normalized spacial score (nSPS) is 11.3. The monoisotopic (exact) mass is 163 g/mol. The van der Waals surface area contributed by atoms with Crippen LogP contribution in [0.3, 0.4) is 0 Å². The Morgan fingerprint density at radius 3 is 2.33 bits per heavy atom. The molecule has 1 aromatic carbocycles. The van der Waals surface area contributed by atoms with Crippen molar-refractivity contribution in [2.24, 2.45) is 0 Å². The maximum absolute atomic E-state index is 9.51. The fraction of sp³-hybridized carbons (Fsp3) is 0.200. The molecule has 1 N–H and O–H groups in total. The predicted octanol–water partition coefficient (Wildman–Crippen LogP) is 2.10. The van der Waals surface area contributed by atoms with Crippen LogP contribution < -0.4 is 0 Å². The van der Waals surface area contributed by atoms with E-state index in [4.69, 9.17) is 0 Å². The fourth-order valence-electron chi connectivity index (χ4n) is 0.928. The van der Waals surface area contributed by atoms with Gasteiger partial charge in [0.25, 0.3) is 0 Å². The lowest BCUT2D eigenvalue weighted by molar-refractivity contribution is 0.480. The summed E-state index contributed by atoms with van der Waals surface area (Å²) < 4.78 is 0. The van der Waals surface area contributed by atoms with Gasteiger partial charge >= 0.3 is 0 Å². The highest BCUT2D eigenvalue weighted by atomic mass is 16.3. The molecule has 0 aromatic heterocycles. The van der Waals surface area contributed by atoms with Crippen LogP contribution in [-0.4, -0.2) is 24.1 Å². The van der Waals surface area contributed by atoms with Crippen LogP contribution in [0.15, 0.2) is 36.5 Å². The number of benzene rings is 1. The molecular formula is C10H13NO. The van der Waals surface area contributed by atoms with Gasteiger partial charge in [-0.3, -0.25) is 0 Å². The zero-order valence-corrected chi connectivity index (χ0v) is 7.36. The Morgan fingerprint density at radius 2 is 1.83 bits per heavy atom. The lowest BCUT2D eigenvalue weighted by Crippen LogP contribution is -2.02. The van der Waals surface area contributed by atoms with E-state index in [2.05, 4.69) is 0 Å². The van der Waals surface area contributed by atoms with Crippen LogP contribution in [0.4, 0.5) is 0 Å². The van der Waals surface area contributed by atoms with Gasteiger partial charge in [0.1, 0.15) is 5.76 Å². The first-order valence-electron chi connectivity index (χ1n) is 3.83. The Bertz CT molecular complexity index is 264. The van der Waals surface area contributed by atoms with Gasteiger partial charge in [-0.25, -0.2) is 0 Å². The molecule has 0 unspecified atom stereocenters. The van der Waals surface area contributed by atoms with Gasteiger partial charge in [-0.05, 0) is 0 Å². The minimum atomic E-state index is 0.292. The molecule has 0 radical (unpaired) electrons. The summed E-state index contributed by atoms with van der Waals surface area (Å²) in [5.74, 6) is 0.292. The van der Waals surface area contributed by atoms with Gasteiger partial charge < -0.3 is 10.0 Å². The van der Waals surface area contributed by atoms with Crippen LogP contribution in [0.25, 0.3) is 5.76 Å². The van der Waals surface area contributed by atoms with Crippen molar-refractivity contribution in [3.63, 3.8) is 0 Å². The van der Waals surface area contributed by atoms with Gasteiger partial charge in [-0.2, -0.15) is 0 Å². The Morgan fingerprint density at radius 1 is 1.25 bits per heavy atom. The number of hydrogen-bond donors (Lipinski definition) is 1. The minimum absolute atomic E-state index is 0.292. The molecule has 0 fully saturated rings. The summed E-state index contributed by atoms with van der Waals surface area (Å²) in [6.07, 6.45) is 1.68. The van der Waals surface area contributed by atoms with Crippen molar-refractivity contribution in [2.45, 2.75) is 0 Å². The Hall–Kier alpha value is -1.44. The molecule has 0 aliphatic heterocycles. The summed E-state index contributed by atoms with van der Waals surface area (Å²) in [6.45, 7) is 0. The van der Waals surface area contributed by atoms with E-state index in [-0.39, 0.29) is 0 Å². The molecule has 0 amide bonds. The smallest absolute Gasteiger partial charge is 0.138 e. The van der Waals surface area contributed by atoms with Crippen molar-refractivity contribution in [2.75, 3.05) is 14.1 Å². The maximum Gasteiger partial charge on any atom is 0.138 e. The van der Waals surface area contributed by atoms with Gasteiger partial charge in [0.2, 0.25) is 0 Å². The molecule has 1 rings (SSSR count). The molecule has 0 saturated heterocycles. The summed E-state index contributed by atoms with van der Waals surface area (Å²) in [7, 11) is 3.75. The number of aliphatic hydroxyl groups excluding tert-OH is 1. The van der Waals surface area contributed by atoms with Gasteiger partial charge in [0, 0.05) is 25.9 Å². The van der Waals surface area contributed by atoms with Crippen LogP contribution in [-0.2, 0) is 0 Å². The molecule has 12 heavy (non-hydrogen) atoms. The molecule has 0 spiro atoms. The highest BCUT2D eigenvalue weighted by Gasteiger charge is 1.95. The fourth-order valence-corrected chi connectivity index (χ4v) is 0.928. The second-order valence-electron chi connectivity index (χ2n) is 2.84. The first kappa shape index (κ1) is 8.65. The number of nitrogens with zero attached hydrogens (tertiary/aromatic N) is 1. The second-order valence-corrected chi connectivity index (χ2v) is 2.84. The van der Waals surface area contributed by atoms with Crippen molar-refractivity contribution >= 4 is 5.76 Å². The van der Waals surface area contributed by atoms with Gasteiger partial charge in [-0.1, -0.05) is 30.3 Å². The summed E-state index contributed by atoms with van der Waals surface area (Å²) >= 11 is 0. The molecule has 0 heterocycles. The van der Waals surface area contributed by atoms with Crippen molar-refractivity contribution in [3.05, 3.63) is 42.1 Å². The summed E-state index contributed by atoms with van der Waals surface area (Å²) in [6, 6.07) is 9.46. The molecule has 1 aromatic rings. The van der Waals surface area contributed by atoms with E-state index >= 15 is 0 Å². The molecule has 2 heteroatoms. The van der Waals surface area contributed by atoms with Crippen LogP contribution in [0.5, 0.6) is 0 Å². The zero-order valence-electron chi connectivity index (χ0n) is 7.36. The topological polar surface area (TPSA) is 23.5 Å². The standard InChI is InChI=1S/C10H13NO/c1-11(2)8-10(12)9-6-4-3-5-7-9/h3-8,12H,1-2H3/b10-8-. The third-order valence-corrected chi connectivity index (χ3v) is 1.45. The second kappa shape index (κ2) is 3.81. The Labute approximate surface area is 72.8 Å². The molecule has 0 bridgehead atoms. The SMILES string of the molecule is CN(C)/C=C(\O)c1ccccc1. The Kier molecular flexibility index (Phi) is 2.75. The molecule has 0 atom stereocenters. The van der Waals surface area contributed by atoms with Gasteiger partial charge in [0.05, 0.1) is 0 Å². The number of hydrogen-bond acceptors (Lipinski definition) is 2. The molecular weight excluding hydrogens is 150 g/mol. The highest BCUT2D eigenvalue weighted by molar-refractivity contribution is 5.57.